The van der Waals surface area contributed by atoms with E-state index >= 15 is 0 Å². The lowest BCUT2D eigenvalue weighted by Gasteiger charge is -2.14. The molecule has 0 radical (unpaired) electrons. The number of halogens is 1. The molecule has 0 unspecified atom stereocenters. The zero-order valence-electron chi connectivity index (χ0n) is 18.3. The van der Waals surface area contributed by atoms with Gasteiger partial charge in [0.05, 0.1) is 17.4 Å². The number of fused-ring (bicyclic) bond motifs is 1. The number of rotatable bonds is 7. The van der Waals surface area contributed by atoms with Gasteiger partial charge in [-0.25, -0.2) is 4.39 Å². The monoisotopic (exact) mass is 476 g/mol. The van der Waals surface area contributed by atoms with Crippen LogP contribution >= 0.6 is 11.8 Å². The molecule has 9 heteroatoms. The molecule has 5 rings (SSSR count). The first-order valence-corrected chi connectivity index (χ1v) is 11.6. The van der Waals surface area contributed by atoms with Crippen LogP contribution in [-0.4, -0.2) is 32.7 Å². The Labute approximate surface area is 199 Å². The van der Waals surface area contributed by atoms with Gasteiger partial charge in [0.15, 0.2) is 22.5 Å². The van der Waals surface area contributed by atoms with Gasteiger partial charge in [0.2, 0.25) is 12.7 Å². The van der Waals surface area contributed by atoms with E-state index in [-0.39, 0.29) is 18.5 Å². The van der Waals surface area contributed by atoms with E-state index in [1.807, 2.05) is 34.9 Å². The molecule has 0 spiro atoms. The molecular weight excluding hydrogens is 455 g/mol. The van der Waals surface area contributed by atoms with Crippen molar-refractivity contribution in [1.82, 2.24) is 14.8 Å². The Morgan fingerprint density at radius 1 is 1.06 bits per heavy atom. The third-order valence-corrected chi connectivity index (χ3v) is 6.39. The second-order valence-corrected chi connectivity index (χ2v) is 8.98. The van der Waals surface area contributed by atoms with E-state index in [0.717, 1.165) is 5.56 Å². The summed E-state index contributed by atoms with van der Waals surface area (Å²) >= 11 is 1.26. The Kier molecular flexibility index (Phi) is 6.18. The van der Waals surface area contributed by atoms with Crippen molar-refractivity contribution in [3.63, 3.8) is 0 Å². The Morgan fingerprint density at radius 2 is 1.82 bits per heavy atom. The molecule has 1 atom stereocenters. The molecule has 0 bridgehead atoms. The summed E-state index contributed by atoms with van der Waals surface area (Å²) in [5.74, 6) is 1.07. The minimum atomic E-state index is -0.488. The second kappa shape index (κ2) is 9.56. The van der Waals surface area contributed by atoms with Crippen LogP contribution in [0.15, 0.2) is 78.0 Å². The van der Waals surface area contributed by atoms with Gasteiger partial charge in [-0.05, 0) is 36.8 Å². The van der Waals surface area contributed by atoms with Crippen LogP contribution in [0.5, 0.6) is 11.5 Å². The van der Waals surface area contributed by atoms with Crippen LogP contribution in [0.25, 0.3) is 11.4 Å². The van der Waals surface area contributed by atoms with Crippen molar-refractivity contribution in [3.05, 3.63) is 84.2 Å². The van der Waals surface area contributed by atoms with E-state index in [1.165, 1.54) is 17.8 Å². The van der Waals surface area contributed by atoms with Gasteiger partial charge in [0.1, 0.15) is 5.82 Å². The Morgan fingerprint density at radius 3 is 2.65 bits per heavy atom. The van der Waals surface area contributed by atoms with Crippen LogP contribution in [0, 0.1) is 5.82 Å². The van der Waals surface area contributed by atoms with Gasteiger partial charge in [0.25, 0.3) is 0 Å². The van der Waals surface area contributed by atoms with Crippen LogP contribution in [0.4, 0.5) is 10.1 Å². The maximum Gasteiger partial charge on any atom is 0.237 e. The maximum atomic E-state index is 14.6. The molecule has 34 heavy (non-hydrogen) atoms. The molecule has 0 saturated carbocycles. The lowest BCUT2D eigenvalue weighted by Crippen LogP contribution is -2.23. The Balaban J connectivity index is 1.39. The number of anilines is 1. The second-order valence-electron chi connectivity index (χ2n) is 7.68. The topological polar surface area (TPSA) is 78.3 Å². The van der Waals surface area contributed by atoms with E-state index < -0.39 is 5.25 Å². The highest BCUT2D eigenvalue weighted by Gasteiger charge is 2.23. The molecular formula is C25H21FN4O3S. The number of amides is 1. The summed E-state index contributed by atoms with van der Waals surface area (Å²) in [6.07, 6.45) is 0. The average Bonchev–Trinajstić information content (AvgIpc) is 3.47. The Hall–Kier alpha value is -3.85. The smallest absolute Gasteiger partial charge is 0.237 e. The number of hydrogen-bond acceptors (Lipinski definition) is 6. The lowest BCUT2D eigenvalue weighted by atomic mass is 10.2. The first-order valence-electron chi connectivity index (χ1n) is 10.7. The minimum absolute atomic E-state index is 0.167. The van der Waals surface area contributed by atoms with Crippen LogP contribution in [0.2, 0.25) is 0 Å². The molecule has 1 aliphatic heterocycles. The lowest BCUT2D eigenvalue weighted by molar-refractivity contribution is -0.115. The molecule has 0 aliphatic carbocycles. The van der Waals surface area contributed by atoms with E-state index in [4.69, 9.17) is 9.47 Å². The molecule has 4 aromatic rings. The number of ether oxygens (including phenoxy) is 2. The highest BCUT2D eigenvalue weighted by atomic mass is 32.2. The fraction of sp³-hybridized carbons (Fsp3) is 0.160. The van der Waals surface area contributed by atoms with Gasteiger partial charge >= 0.3 is 0 Å². The zero-order valence-corrected chi connectivity index (χ0v) is 19.1. The quantitative estimate of drug-likeness (QED) is 0.379. The number of carbonyl (C=O) groups is 1. The van der Waals surface area contributed by atoms with Crippen molar-refractivity contribution in [2.75, 3.05) is 12.1 Å². The predicted molar refractivity (Wildman–Crippen MR) is 127 cm³/mol. The summed E-state index contributed by atoms with van der Waals surface area (Å²) < 4.78 is 27.1. The van der Waals surface area contributed by atoms with Crippen LogP contribution in [0.3, 0.4) is 0 Å². The molecule has 0 saturated heterocycles. The molecule has 1 amide bonds. The van der Waals surface area contributed by atoms with E-state index in [0.29, 0.717) is 40.3 Å². The van der Waals surface area contributed by atoms with Crippen molar-refractivity contribution in [2.24, 2.45) is 0 Å². The fourth-order valence-corrected chi connectivity index (χ4v) is 4.40. The fourth-order valence-electron chi connectivity index (χ4n) is 3.56. The molecule has 0 fully saturated rings. The summed E-state index contributed by atoms with van der Waals surface area (Å²) in [6, 6.07) is 21.5. The van der Waals surface area contributed by atoms with Gasteiger partial charge in [-0.1, -0.05) is 54.2 Å². The van der Waals surface area contributed by atoms with Gasteiger partial charge in [-0.2, -0.15) is 0 Å². The van der Waals surface area contributed by atoms with Crippen molar-refractivity contribution in [2.45, 2.75) is 23.9 Å². The molecule has 1 aromatic heterocycles. The first-order chi connectivity index (χ1) is 16.6. The number of benzene rings is 3. The van der Waals surface area contributed by atoms with E-state index in [2.05, 4.69) is 15.5 Å². The summed E-state index contributed by atoms with van der Waals surface area (Å²) in [6.45, 7) is 2.40. The molecule has 2 heterocycles. The molecule has 1 N–H and O–H groups in total. The standard InChI is InChI=1S/C25H21FN4O3S/c1-16(24(31)27-18-11-12-21-22(13-18)33-15-32-21)34-25-29-28-23(19-9-5-6-10-20(19)26)30(25)14-17-7-3-2-4-8-17/h2-13,16H,14-15H2,1H3,(H,27,31)/t16-/m0/s1. The molecule has 7 nitrogen and oxygen atoms in total. The van der Waals surface area contributed by atoms with Gasteiger partial charge in [-0.15, -0.1) is 10.2 Å². The van der Waals surface area contributed by atoms with Gasteiger partial charge in [-0.3, -0.25) is 9.36 Å². The average molecular weight is 477 g/mol. The minimum Gasteiger partial charge on any atom is -0.454 e. The zero-order chi connectivity index (χ0) is 23.5. The SMILES string of the molecule is C[C@H](Sc1nnc(-c2ccccc2F)n1Cc1ccccc1)C(=O)Nc1ccc2c(c1)OCO2. The van der Waals surface area contributed by atoms with Gasteiger partial charge < -0.3 is 14.8 Å². The van der Waals surface area contributed by atoms with E-state index in [9.17, 15) is 9.18 Å². The predicted octanol–water partition coefficient (Wildman–Crippen LogP) is 4.98. The van der Waals surface area contributed by atoms with Crippen molar-refractivity contribution in [1.29, 1.82) is 0 Å². The maximum absolute atomic E-state index is 14.6. The van der Waals surface area contributed by atoms with Crippen LogP contribution < -0.4 is 14.8 Å². The van der Waals surface area contributed by atoms with Crippen molar-refractivity contribution >= 4 is 23.4 Å². The highest BCUT2D eigenvalue weighted by molar-refractivity contribution is 8.00. The number of carbonyl (C=O) groups excluding carboxylic acids is 1. The number of thioether (sulfide) groups is 1. The number of aromatic nitrogens is 3. The summed E-state index contributed by atoms with van der Waals surface area (Å²) in [7, 11) is 0. The van der Waals surface area contributed by atoms with Gasteiger partial charge in [0, 0.05) is 11.8 Å². The van der Waals surface area contributed by atoms with E-state index in [1.54, 1.807) is 43.3 Å². The normalized spacial score (nSPS) is 13.0. The summed E-state index contributed by atoms with van der Waals surface area (Å²) in [5.41, 5.74) is 1.98. The van der Waals surface area contributed by atoms with Crippen molar-refractivity contribution in [3.8, 4) is 22.9 Å². The number of hydrogen-bond donors (Lipinski definition) is 1. The molecule has 172 valence electrons. The first kappa shape index (κ1) is 22.0. The third kappa shape index (κ3) is 4.60. The largest absolute Gasteiger partial charge is 0.454 e. The Bertz CT molecular complexity index is 1330. The summed E-state index contributed by atoms with van der Waals surface area (Å²) in [5, 5.41) is 11.5. The molecule has 1 aliphatic rings. The third-order valence-electron chi connectivity index (χ3n) is 5.31. The highest BCUT2D eigenvalue weighted by Crippen LogP contribution is 2.35. The summed E-state index contributed by atoms with van der Waals surface area (Å²) in [4.78, 5) is 12.9. The number of nitrogens with one attached hydrogen (secondary N) is 1. The molecule has 3 aromatic carbocycles. The van der Waals surface area contributed by atoms with Crippen LogP contribution in [-0.2, 0) is 11.3 Å². The van der Waals surface area contributed by atoms with Crippen molar-refractivity contribution < 1.29 is 18.7 Å². The number of nitrogens with zero attached hydrogens (tertiary/aromatic N) is 3. The van der Waals surface area contributed by atoms with Crippen LogP contribution in [0.1, 0.15) is 12.5 Å².